The van der Waals surface area contributed by atoms with E-state index < -0.39 is 11.9 Å². The summed E-state index contributed by atoms with van der Waals surface area (Å²) in [6.45, 7) is 1.39. The molecule has 2 aromatic carbocycles. The molecule has 0 aromatic heterocycles. The number of halogens is 1. The van der Waals surface area contributed by atoms with Crippen molar-refractivity contribution in [2.75, 3.05) is 13.1 Å². The van der Waals surface area contributed by atoms with E-state index >= 15 is 0 Å². The number of nitrogens with one attached hydrogen (secondary N) is 1. The Morgan fingerprint density at radius 3 is 2.21 bits per heavy atom. The number of carbonyl (C=O) groups excluding carboxylic acids is 3. The normalized spacial score (nSPS) is 14.9. The molecule has 3 rings (SSSR count). The van der Waals surface area contributed by atoms with Crippen molar-refractivity contribution in [3.63, 3.8) is 0 Å². The lowest BCUT2D eigenvalue weighted by molar-refractivity contribution is -0.137. The van der Waals surface area contributed by atoms with E-state index in [0.717, 1.165) is 24.8 Å². The quantitative estimate of drug-likeness (QED) is 0.727. The van der Waals surface area contributed by atoms with E-state index in [4.69, 9.17) is 0 Å². The molecule has 1 saturated heterocycles. The van der Waals surface area contributed by atoms with E-state index in [1.54, 1.807) is 4.90 Å². The van der Waals surface area contributed by atoms with E-state index in [-0.39, 0.29) is 30.4 Å². The van der Waals surface area contributed by atoms with Gasteiger partial charge >= 0.3 is 0 Å². The van der Waals surface area contributed by atoms with Gasteiger partial charge in [0.25, 0.3) is 0 Å². The number of nitrogens with zero attached hydrogens (tertiary/aromatic N) is 1. The smallest absolute Gasteiger partial charge is 0.249 e. The molecule has 1 aliphatic heterocycles. The summed E-state index contributed by atoms with van der Waals surface area (Å²) in [4.78, 5) is 39.6. The van der Waals surface area contributed by atoms with Gasteiger partial charge in [-0.15, -0.1) is 0 Å². The Kier molecular flexibility index (Phi) is 7.11. The minimum Gasteiger partial charge on any atom is -0.341 e. The number of hydrogen-bond donors (Lipinski definition) is 1. The monoisotopic (exact) mass is 396 g/mol. The van der Waals surface area contributed by atoms with Crippen molar-refractivity contribution >= 4 is 17.6 Å². The van der Waals surface area contributed by atoms with Crippen LogP contribution in [0.1, 0.15) is 54.1 Å². The molecule has 2 amide bonds. The second-order valence-corrected chi connectivity index (χ2v) is 7.23. The molecule has 2 aromatic rings. The second-order valence-electron chi connectivity index (χ2n) is 7.23. The Morgan fingerprint density at radius 1 is 0.897 bits per heavy atom. The lowest BCUT2D eigenvalue weighted by Crippen LogP contribution is -2.45. The van der Waals surface area contributed by atoms with Crippen LogP contribution >= 0.6 is 0 Å². The zero-order valence-electron chi connectivity index (χ0n) is 16.3. The van der Waals surface area contributed by atoms with Crippen LogP contribution in [0.5, 0.6) is 0 Å². The molecule has 0 unspecified atom stereocenters. The molecule has 1 aliphatic rings. The van der Waals surface area contributed by atoms with Gasteiger partial charge in [0.2, 0.25) is 11.8 Å². The van der Waals surface area contributed by atoms with E-state index in [1.165, 1.54) is 24.3 Å². The lowest BCUT2D eigenvalue weighted by atomic mass is 10.0. The Bertz CT molecular complexity index is 846. The van der Waals surface area contributed by atoms with Crippen LogP contribution in [0.2, 0.25) is 0 Å². The van der Waals surface area contributed by atoms with Crippen LogP contribution in [0.25, 0.3) is 0 Å². The van der Waals surface area contributed by atoms with Crippen molar-refractivity contribution in [2.45, 2.75) is 38.1 Å². The van der Waals surface area contributed by atoms with Gasteiger partial charge in [-0.05, 0) is 49.1 Å². The van der Waals surface area contributed by atoms with Crippen LogP contribution < -0.4 is 5.32 Å². The minimum absolute atomic E-state index is 0.00310. The van der Waals surface area contributed by atoms with Gasteiger partial charge in [-0.2, -0.15) is 0 Å². The first-order chi connectivity index (χ1) is 14.0. The van der Waals surface area contributed by atoms with Gasteiger partial charge in [-0.3, -0.25) is 14.4 Å². The molecule has 0 saturated carbocycles. The van der Waals surface area contributed by atoms with Crippen LogP contribution in [-0.2, 0) is 9.59 Å². The summed E-state index contributed by atoms with van der Waals surface area (Å²) in [7, 11) is 0. The summed E-state index contributed by atoms with van der Waals surface area (Å²) in [5.74, 6) is -1.13. The van der Waals surface area contributed by atoms with Gasteiger partial charge in [0, 0.05) is 31.5 Å². The van der Waals surface area contributed by atoms with Crippen LogP contribution in [0.15, 0.2) is 54.6 Å². The highest BCUT2D eigenvalue weighted by atomic mass is 19.1. The zero-order valence-corrected chi connectivity index (χ0v) is 16.3. The van der Waals surface area contributed by atoms with Gasteiger partial charge < -0.3 is 10.2 Å². The number of benzene rings is 2. The topological polar surface area (TPSA) is 66.5 Å². The molecule has 5 nitrogen and oxygen atoms in total. The number of likely N-dealkylation sites (tertiary alicyclic amines) is 1. The molecule has 0 radical (unpaired) electrons. The standard InChI is InChI=1S/C23H25FN2O3/c24-19-11-9-17(10-12-19)20(27)13-14-21(28)25-22(18-7-3-1-4-8-18)23(29)26-15-5-2-6-16-26/h1,3-4,7-12,22H,2,5-6,13-16H2,(H,25,28)/t22-/m0/s1. The first kappa shape index (κ1) is 20.7. The number of ketones is 1. The number of rotatable bonds is 7. The average Bonchev–Trinajstić information content (AvgIpc) is 2.77. The molecule has 6 heteroatoms. The third-order valence-corrected chi connectivity index (χ3v) is 5.10. The van der Waals surface area contributed by atoms with Gasteiger partial charge in [0.05, 0.1) is 0 Å². The first-order valence-electron chi connectivity index (χ1n) is 9.96. The highest BCUT2D eigenvalue weighted by Gasteiger charge is 2.28. The fraction of sp³-hybridized carbons (Fsp3) is 0.348. The number of piperidine rings is 1. The number of hydrogen-bond acceptors (Lipinski definition) is 3. The predicted molar refractivity (Wildman–Crippen MR) is 108 cm³/mol. The molecule has 152 valence electrons. The number of Topliss-reactive ketones (excluding diaryl/α,β-unsaturated/α-hetero) is 1. The van der Waals surface area contributed by atoms with E-state index in [1.807, 2.05) is 30.3 Å². The fourth-order valence-corrected chi connectivity index (χ4v) is 3.47. The summed E-state index contributed by atoms with van der Waals surface area (Å²) in [6, 6.07) is 13.6. The molecule has 1 fully saturated rings. The highest BCUT2D eigenvalue weighted by Crippen LogP contribution is 2.19. The largest absolute Gasteiger partial charge is 0.341 e. The van der Waals surface area contributed by atoms with Crippen LogP contribution in [0, 0.1) is 5.82 Å². The van der Waals surface area contributed by atoms with Crippen molar-refractivity contribution in [1.82, 2.24) is 10.2 Å². The van der Waals surface area contributed by atoms with E-state index in [0.29, 0.717) is 18.7 Å². The molecule has 0 spiro atoms. The molecule has 0 aliphatic carbocycles. The fourth-order valence-electron chi connectivity index (χ4n) is 3.47. The molecular formula is C23H25FN2O3. The Morgan fingerprint density at radius 2 is 1.55 bits per heavy atom. The third kappa shape index (κ3) is 5.73. The summed E-state index contributed by atoms with van der Waals surface area (Å²) < 4.78 is 13.0. The van der Waals surface area contributed by atoms with Crippen molar-refractivity contribution in [3.8, 4) is 0 Å². The average molecular weight is 396 g/mol. The van der Waals surface area contributed by atoms with Gasteiger partial charge in [0.1, 0.15) is 11.9 Å². The van der Waals surface area contributed by atoms with E-state index in [2.05, 4.69) is 5.32 Å². The minimum atomic E-state index is -0.761. The Labute approximate surface area is 169 Å². The van der Waals surface area contributed by atoms with Crippen molar-refractivity contribution < 1.29 is 18.8 Å². The molecule has 1 atom stereocenters. The van der Waals surface area contributed by atoms with E-state index in [9.17, 15) is 18.8 Å². The Balaban J connectivity index is 1.63. The van der Waals surface area contributed by atoms with Gasteiger partial charge in [-0.1, -0.05) is 30.3 Å². The summed E-state index contributed by atoms with van der Waals surface area (Å²) in [5, 5.41) is 2.80. The molecular weight excluding hydrogens is 371 g/mol. The summed E-state index contributed by atoms with van der Waals surface area (Å²) in [6.07, 6.45) is 3.00. The van der Waals surface area contributed by atoms with Crippen molar-refractivity contribution in [3.05, 3.63) is 71.5 Å². The SMILES string of the molecule is O=C(CCC(=O)c1ccc(F)cc1)N[C@H](C(=O)N1CCCCC1)c1ccccc1. The Hall–Kier alpha value is -3.02. The van der Waals surface area contributed by atoms with Gasteiger partial charge in [-0.25, -0.2) is 4.39 Å². The predicted octanol–water partition coefficient (Wildman–Crippen LogP) is 3.66. The van der Waals surface area contributed by atoms with Crippen LogP contribution in [0.3, 0.4) is 0 Å². The lowest BCUT2D eigenvalue weighted by Gasteiger charge is -2.31. The van der Waals surface area contributed by atoms with Gasteiger partial charge in [0.15, 0.2) is 5.78 Å². The summed E-state index contributed by atoms with van der Waals surface area (Å²) >= 11 is 0. The van der Waals surface area contributed by atoms with Crippen LogP contribution in [-0.4, -0.2) is 35.6 Å². The first-order valence-corrected chi connectivity index (χ1v) is 9.96. The maximum atomic E-state index is 13.0. The van der Waals surface area contributed by atoms with Crippen molar-refractivity contribution in [1.29, 1.82) is 0 Å². The highest BCUT2D eigenvalue weighted by molar-refractivity contribution is 5.98. The molecule has 1 heterocycles. The van der Waals surface area contributed by atoms with Crippen LogP contribution in [0.4, 0.5) is 4.39 Å². The molecule has 0 bridgehead atoms. The van der Waals surface area contributed by atoms with Crippen molar-refractivity contribution in [2.24, 2.45) is 0 Å². The summed E-state index contributed by atoms with van der Waals surface area (Å²) in [5.41, 5.74) is 1.09. The third-order valence-electron chi connectivity index (χ3n) is 5.10. The molecule has 29 heavy (non-hydrogen) atoms. The number of amides is 2. The molecule has 1 N–H and O–H groups in total. The maximum absolute atomic E-state index is 13.0. The number of carbonyl (C=O) groups is 3. The maximum Gasteiger partial charge on any atom is 0.249 e. The second kappa shape index (κ2) is 9.96. The zero-order chi connectivity index (χ0) is 20.6.